The van der Waals surface area contributed by atoms with Crippen molar-refractivity contribution < 1.29 is 23.8 Å². The maximum absolute atomic E-state index is 12.5. The van der Waals surface area contributed by atoms with E-state index < -0.39 is 0 Å². The highest BCUT2D eigenvalue weighted by molar-refractivity contribution is 5.95. The van der Waals surface area contributed by atoms with Crippen LogP contribution in [0.3, 0.4) is 0 Å². The van der Waals surface area contributed by atoms with Gasteiger partial charge in [-0.1, -0.05) is 0 Å². The normalized spacial score (nSPS) is 16.6. The van der Waals surface area contributed by atoms with Gasteiger partial charge in [-0.25, -0.2) is 4.79 Å². The number of hydrogen-bond acceptors (Lipinski definition) is 5. The summed E-state index contributed by atoms with van der Waals surface area (Å²) in [5.74, 6) is 1.25. The number of nitrogens with zero attached hydrogens (tertiary/aromatic N) is 1. The molecule has 0 saturated carbocycles. The van der Waals surface area contributed by atoms with Crippen molar-refractivity contribution in [3.63, 3.8) is 0 Å². The number of anilines is 1. The minimum Gasteiger partial charge on any atom is -0.493 e. The molecule has 0 N–H and O–H groups in total. The van der Waals surface area contributed by atoms with Gasteiger partial charge in [0, 0.05) is 24.6 Å². The molecule has 0 spiro atoms. The zero-order valence-electron chi connectivity index (χ0n) is 17.3. The van der Waals surface area contributed by atoms with Gasteiger partial charge in [0.15, 0.2) is 0 Å². The largest absolute Gasteiger partial charge is 0.493 e. The second-order valence-corrected chi connectivity index (χ2v) is 8.11. The Morgan fingerprint density at radius 1 is 1.03 bits per heavy atom. The summed E-state index contributed by atoms with van der Waals surface area (Å²) in [6.07, 6.45) is 0.445. The van der Waals surface area contributed by atoms with Gasteiger partial charge in [0.05, 0.1) is 19.3 Å². The van der Waals surface area contributed by atoms with Gasteiger partial charge in [-0.05, 0) is 69.3 Å². The molecular formula is C23H27NO5. The van der Waals surface area contributed by atoms with Crippen molar-refractivity contribution in [1.82, 2.24) is 0 Å². The van der Waals surface area contributed by atoms with Crippen molar-refractivity contribution in [3.8, 4) is 11.5 Å². The fourth-order valence-electron chi connectivity index (χ4n) is 3.21. The molecule has 0 bridgehead atoms. The number of amides is 1. The molecule has 6 heteroatoms. The molecule has 1 fully saturated rings. The Kier molecular flexibility index (Phi) is 6.11. The van der Waals surface area contributed by atoms with Crippen LogP contribution in [0.15, 0.2) is 48.5 Å². The SMILES string of the molecule is COC(=O)c1ccc(OCC2CC(=O)N(c3ccc(OC(C)(C)C)cc3)C2)cc1. The summed E-state index contributed by atoms with van der Waals surface area (Å²) in [5, 5.41) is 0. The molecule has 3 rings (SSSR count). The van der Waals surface area contributed by atoms with E-state index >= 15 is 0 Å². The molecule has 2 aromatic carbocycles. The molecular weight excluding hydrogens is 370 g/mol. The quantitative estimate of drug-likeness (QED) is 0.687. The second-order valence-electron chi connectivity index (χ2n) is 8.11. The van der Waals surface area contributed by atoms with Gasteiger partial charge in [0.2, 0.25) is 5.91 Å². The topological polar surface area (TPSA) is 65.1 Å². The molecule has 29 heavy (non-hydrogen) atoms. The molecule has 1 atom stereocenters. The van der Waals surface area contributed by atoms with Crippen LogP contribution in [-0.2, 0) is 9.53 Å². The first kappa shape index (κ1) is 20.7. The third-order valence-electron chi connectivity index (χ3n) is 4.54. The van der Waals surface area contributed by atoms with Gasteiger partial charge in [-0.15, -0.1) is 0 Å². The highest BCUT2D eigenvalue weighted by Crippen LogP contribution is 2.28. The van der Waals surface area contributed by atoms with Crippen LogP contribution in [0.2, 0.25) is 0 Å². The molecule has 1 heterocycles. The maximum atomic E-state index is 12.5. The van der Waals surface area contributed by atoms with E-state index in [-0.39, 0.29) is 23.4 Å². The van der Waals surface area contributed by atoms with Crippen molar-refractivity contribution in [1.29, 1.82) is 0 Å². The predicted molar refractivity (Wildman–Crippen MR) is 111 cm³/mol. The molecule has 154 valence electrons. The van der Waals surface area contributed by atoms with Crippen molar-refractivity contribution >= 4 is 17.6 Å². The fraction of sp³-hybridized carbons (Fsp3) is 0.391. The molecule has 0 aromatic heterocycles. The zero-order chi connectivity index (χ0) is 21.0. The van der Waals surface area contributed by atoms with E-state index in [9.17, 15) is 9.59 Å². The standard InChI is InChI=1S/C23H27NO5/c1-23(2,3)29-20-11-7-18(8-12-20)24-14-16(13-21(24)25)15-28-19-9-5-17(6-10-19)22(26)27-4/h5-12,16H,13-15H2,1-4H3. The third-order valence-corrected chi connectivity index (χ3v) is 4.54. The van der Waals surface area contributed by atoms with E-state index in [1.54, 1.807) is 29.2 Å². The first-order chi connectivity index (χ1) is 13.7. The Bertz CT molecular complexity index is 852. The van der Waals surface area contributed by atoms with Crippen LogP contribution >= 0.6 is 0 Å². The van der Waals surface area contributed by atoms with Crippen LogP contribution in [0, 0.1) is 5.92 Å². The molecule has 1 amide bonds. The van der Waals surface area contributed by atoms with E-state index in [2.05, 4.69) is 4.74 Å². The summed E-state index contributed by atoms with van der Waals surface area (Å²) in [6, 6.07) is 14.4. The molecule has 0 radical (unpaired) electrons. The lowest BCUT2D eigenvalue weighted by Crippen LogP contribution is -2.25. The van der Waals surface area contributed by atoms with E-state index in [1.165, 1.54) is 7.11 Å². The number of carbonyl (C=O) groups is 2. The van der Waals surface area contributed by atoms with E-state index in [1.807, 2.05) is 45.0 Å². The van der Waals surface area contributed by atoms with Gasteiger partial charge in [0.25, 0.3) is 0 Å². The zero-order valence-corrected chi connectivity index (χ0v) is 17.3. The molecule has 0 aliphatic carbocycles. The van der Waals surface area contributed by atoms with Crippen molar-refractivity contribution in [2.24, 2.45) is 5.92 Å². The van der Waals surface area contributed by atoms with Gasteiger partial charge in [-0.3, -0.25) is 4.79 Å². The lowest BCUT2D eigenvalue weighted by Gasteiger charge is -2.22. The Morgan fingerprint density at radius 2 is 1.66 bits per heavy atom. The number of benzene rings is 2. The number of methoxy groups -OCH3 is 1. The number of rotatable bonds is 6. The summed E-state index contributed by atoms with van der Waals surface area (Å²) < 4.78 is 16.3. The van der Waals surface area contributed by atoms with Crippen LogP contribution < -0.4 is 14.4 Å². The summed E-state index contributed by atoms with van der Waals surface area (Å²) in [7, 11) is 1.35. The predicted octanol–water partition coefficient (Wildman–Crippen LogP) is 4.08. The van der Waals surface area contributed by atoms with Crippen molar-refractivity contribution in [2.45, 2.75) is 32.8 Å². The lowest BCUT2D eigenvalue weighted by molar-refractivity contribution is -0.117. The third kappa shape index (κ3) is 5.50. The van der Waals surface area contributed by atoms with Gasteiger partial charge < -0.3 is 19.1 Å². The summed E-state index contributed by atoms with van der Waals surface area (Å²) in [4.78, 5) is 25.7. The minimum absolute atomic E-state index is 0.0872. The Balaban J connectivity index is 1.55. The summed E-state index contributed by atoms with van der Waals surface area (Å²) in [6.45, 7) is 7.04. The summed E-state index contributed by atoms with van der Waals surface area (Å²) in [5.41, 5.74) is 1.07. The maximum Gasteiger partial charge on any atom is 0.337 e. The van der Waals surface area contributed by atoms with Gasteiger partial charge >= 0.3 is 5.97 Å². The first-order valence-electron chi connectivity index (χ1n) is 9.66. The van der Waals surface area contributed by atoms with E-state index in [4.69, 9.17) is 9.47 Å². The molecule has 2 aromatic rings. The Morgan fingerprint density at radius 3 is 2.24 bits per heavy atom. The van der Waals surface area contributed by atoms with Crippen LogP contribution in [-0.4, -0.2) is 37.7 Å². The summed E-state index contributed by atoms with van der Waals surface area (Å²) >= 11 is 0. The van der Waals surface area contributed by atoms with Gasteiger partial charge in [-0.2, -0.15) is 0 Å². The number of hydrogen-bond donors (Lipinski definition) is 0. The van der Waals surface area contributed by atoms with Crippen LogP contribution in [0.1, 0.15) is 37.6 Å². The first-order valence-corrected chi connectivity index (χ1v) is 9.66. The monoisotopic (exact) mass is 397 g/mol. The Hall–Kier alpha value is -3.02. The smallest absolute Gasteiger partial charge is 0.337 e. The second kappa shape index (κ2) is 8.55. The number of esters is 1. The number of carbonyl (C=O) groups excluding carboxylic acids is 2. The van der Waals surface area contributed by atoms with E-state index in [0.717, 1.165) is 11.4 Å². The lowest BCUT2D eigenvalue weighted by atomic mass is 10.1. The van der Waals surface area contributed by atoms with Crippen LogP contribution in [0.4, 0.5) is 5.69 Å². The van der Waals surface area contributed by atoms with Gasteiger partial charge in [0.1, 0.15) is 17.1 Å². The van der Waals surface area contributed by atoms with Crippen molar-refractivity contribution in [3.05, 3.63) is 54.1 Å². The average molecular weight is 397 g/mol. The molecule has 1 aliphatic heterocycles. The van der Waals surface area contributed by atoms with Crippen LogP contribution in [0.5, 0.6) is 11.5 Å². The number of ether oxygens (including phenoxy) is 3. The highest BCUT2D eigenvalue weighted by Gasteiger charge is 2.31. The molecule has 1 saturated heterocycles. The average Bonchev–Trinajstić information content (AvgIpc) is 3.06. The molecule has 6 nitrogen and oxygen atoms in total. The fourth-order valence-corrected chi connectivity index (χ4v) is 3.21. The highest BCUT2D eigenvalue weighted by atomic mass is 16.5. The molecule has 1 aliphatic rings. The van der Waals surface area contributed by atoms with Crippen LogP contribution in [0.25, 0.3) is 0 Å². The minimum atomic E-state index is -0.382. The van der Waals surface area contributed by atoms with Crippen molar-refractivity contribution in [2.75, 3.05) is 25.2 Å². The van der Waals surface area contributed by atoms with E-state index in [0.29, 0.717) is 30.9 Å². The molecule has 1 unspecified atom stereocenters. The Labute approximate surface area is 171 Å².